The van der Waals surface area contributed by atoms with Gasteiger partial charge in [0.2, 0.25) is 0 Å². The smallest absolute Gasteiger partial charge is 0.264 e. The van der Waals surface area contributed by atoms with Crippen molar-refractivity contribution < 1.29 is 4.79 Å². The number of piperazine rings is 1. The SMILES string of the molecule is CCC(CC)N1CCN(C(=O)c2cc3cn(C4CCCC4)cc3s2)CC1. The van der Waals surface area contributed by atoms with Crippen molar-refractivity contribution in [3.8, 4) is 0 Å². The molecular weight excluding hydrogens is 342 g/mol. The van der Waals surface area contributed by atoms with Gasteiger partial charge in [-0.25, -0.2) is 0 Å². The van der Waals surface area contributed by atoms with Crippen LogP contribution in [0.4, 0.5) is 0 Å². The number of aromatic nitrogens is 1. The van der Waals surface area contributed by atoms with Crippen molar-refractivity contribution in [2.75, 3.05) is 26.2 Å². The minimum Gasteiger partial charge on any atom is -0.349 e. The number of carbonyl (C=O) groups excluding carboxylic acids is 1. The standard InChI is InChI=1S/C21H31N3OS/c1-3-17(4-2)22-9-11-23(12-10-22)21(25)19-13-16-14-24(15-20(16)26-19)18-7-5-6-8-18/h13-15,17-18H,3-12H2,1-2H3. The van der Waals surface area contributed by atoms with Crippen molar-refractivity contribution in [1.82, 2.24) is 14.4 Å². The van der Waals surface area contributed by atoms with Crippen LogP contribution in [0.5, 0.6) is 0 Å². The molecule has 2 aliphatic rings. The van der Waals surface area contributed by atoms with E-state index < -0.39 is 0 Å². The van der Waals surface area contributed by atoms with Gasteiger partial charge in [-0.05, 0) is 31.7 Å². The Morgan fingerprint density at radius 2 is 1.81 bits per heavy atom. The molecule has 0 spiro atoms. The maximum Gasteiger partial charge on any atom is 0.264 e. The quantitative estimate of drug-likeness (QED) is 0.756. The highest BCUT2D eigenvalue weighted by molar-refractivity contribution is 7.20. The molecule has 1 saturated carbocycles. The van der Waals surface area contributed by atoms with E-state index in [1.807, 2.05) is 0 Å². The first kappa shape index (κ1) is 18.1. The normalized spacial score (nSPS) is 19.9. The Labute approximate surface area is 160 Å². The van der Waals surface area contributed by atoms with Gasteiger partial charge in [0.1, 0.15) is 0 Å². The van der Waals surface area contributed by atoms with Crippen LogP contribution in [0.1, 0.15) is 68.1 Å². The Morgan fingerprint density at radius 3 is 2.42 bits per heavy atom. The zero-order valence-electron chi connectivity index (χ0n) is 16.1. The largest absolute Gasteiger partial charge is 0.349 e. The highest BCUT2D eigenvalue weighted by Gasteiger charge is 2.26. The second kappa shape index (κ2) is 7.73. The van der Waals surface area contributed by atoms with Crippen molar-refractivity contribution in [2.24, 2.45) is 0 Å². The lowest BCUT2D eigenvalue weighted by Gasteiger charge is -2.38. The molecule has 1 amide bonds. The van der Waals surface area contributed by atoms with Gasteiger partial charge < -0.3 is 9.47 Å². The highest BCUT2D eigenvalue weighted by Crippen LogP contribution is 2.34. The lowest BCUT2D eigenvalue weighted by molar-refractivity contribution is 0.0564. The van der Waals surface area contributed by atoms with E-state index in [1.54, 1.807) is 11.3 Å². The molecule has 2 aromatic heterocycles. The van der Waals surface area contributed by atoms with Crippen LogP contribution in [0, 0.1) is 0 Å². The fourth-order valence-electron chi connectivity index (χ4n) is 4.72. The molecule has 0 aromatic carbocycles. The Bertz CT molecular complexity index is 715. The molecule has 1 aliphatic carbocycles. The molecule has 26 heavy (non-hydrogen) atoms. The molecule has 1 saturated heterocycles. The van der Waals surface area contributed by atoms with Gasteiger partial charge in [0.15, 0.2) is 0 Å². The number of rotatable bonds is 5. The van der Waals surface area contributed by atoms with Crippen molar-refractivity contribution in [3.63, 3.8) is 0 Å². The van der Waals surface area contributed by atoms with Crippen LogP contribution in [0.3, 0.4) is 0 Å². The number of hydrogen-bond donors (Lipinski definition) is 0. The van der Waals surface area contributed by atoms with Gasteiger partial charge in [-0.1, -0.05) is 26.7 Å². The number of nitrogens with zero attached hydrogens (tertiary/aromatic N) is 3. The number of thiophene rings is 1. The summed E-state index contributed by atoms with van der Waals surface area (Å²) in [6, 6.07) is 3.46. The van der Waals surface area contributed by atoms with Gasteiger partial charge in [-0.15, -0.1) is 11.3 Å². The van der Waals surface area contributed by atoms with E-state index >= 15 is 0 Å². The van der Waals surface area contributed by atoms with Crippen LogP contribution in [-0.2, 0) is 0 Å². The second-order valence-electron chi connectivity index (χ2n) is 7.87. The number of hydrogen-bond acceptors (Lipinski definition) is 3. The third-order valence-electron chi connectivity index (χ3n) is 6.36. The van der Waals surface area contributed by atoms with Gasteiger partial charge in [0.05, 0.1) is 9.58 Å². The zero-order chi connectivity index (χ0) is 18.1. The molecule has 5 heteroatoms. The van der Waals surface area contributed by atoms with Gasteiger partial charge >= 0.3 is 0 Å². The average molecular weight is 374 g/mol. The second-order valence-corrected chi connectivity index (χ2v) is 8.96. The van der Waals surface area contributed by atoms with Crippen molar-refractivity contribution in [1.29, 1.82) is 0 Å². The maximum atomic E-state index is 12.9. The summed E-state index contributed by atoms with van der Waals surface area (Å²) in [5.74, 6) is 0.225. The molecule has 4 nitrogen and oxygen atoms in total. The van der Waals surface area contributed by atoms with Crippen molar-refractivity contribution in [3.05, 3.63) is 23.3 Å². The highest BCUT2D eigenvalue weighted by atomic mass is 32.1. The zero-order valence-corrected chi connectivity index (χ0v) is 16.9. The topological polar surface area (TPSA) is 28.5 Å². The molecule has 0 bridgehead atoms. The van der Waals surface area contributed by atoms with E-state index in [0.29, 0.717) is 12.1 Å². The third-order valence-corrected chi connectivity index (χ3v) is 7.44. The minimum absolute atomic E-state index is 0.225. The summed E-state index contributed by atoms with van der Waals surface area (Å²) in [6.45, 7) is 8.27. The third kappa shape index (κ3) is 3.44. The fraction of sp³-hybridized carbons (Fsp3) is 0.667. The Morgan fingerprint density at radius 1 is 1.12 bits per heavy atom. The summed E-state index contributed by atoms with van der Waals surface area (Å²) in [6.07, 6.45) is 12.2. The first-order chi connectivity index (χ1) is 12.7. The molecule has 0 N–H and O–H groups in total. The van der Waals surface area contributed by atoms with Crippen LogP contribution < -0.4 is 0 Å². The van der Waals surface area contributed by atoms with E-state index in [2.05, 4.69) is 46.7 Å². The van der Waals surface area contributed by atoms with E-state index in [9.17, 15) is 4.79 Å². The van der Waals surface area contributed by atoms with Crippen LogP contribution in [0.25, 0.3) is 10.1 Å². The molecule has 4 rings (SSSR count). The minimum atomic E-state index is 0.225. The lowest BCUT2D eigenvalue weighted by Crippen LogP contribution is -2.51. The first-order valence-corrected chi connectivity index (χ1v) is 11.2. The van der Waals surface area contributed by atoms with Crippen molar-refractivity contribution in [2.45, 2.75) is 64.5 Å². The fourth-order valence-corrected chi connectivity index (χ4v) is 5.77. The molecule has 0 radical (unpaired) electrons. The van der Waals surface area contributed by atoms with Gasteiger partial charge in [0.25, 0.3) is 5.91 Å². The van der Waals surface area contributed by atoms with Gasteiger partial charge in [-0.3, -0.25) is 9.69 Å². The Hall–Kier alpha value is -1.33. The van der Waals surface area contributed by atoms with Gasteiger partial charge in [-0.2, -0.15) is 0 Å². The molecule has 0 unspecified atom stereocenters. The summed E-state index contributed by atoms with van der Waals surface area (Å²) in [7, 11) is 0. The van der Waals surface area contributed by atoms with Crippen LogP contribution >= 0.6 is 11.3 Å². The van der Waals surface area contributed by atoms with Crippen LogP contribution in [0.15, 0.2) is 18.5 Å². The number of carbonyl (C=O) groups is 1. The lowest BCUT2D eigenvalue weighted by atomic mass is 10.1. The summed E-state index contributed by atoms with van der Waals surface area (Å²) in [5, 5.41) is 1.24. The Balaban J connectivity index is 1.41. The number of fused-ring (bicyclic) bond motifs is 1. The summed E-state index contributed by atoms with van der Waals surface area (Å²) in [4.78, 5) is 18.4. The van der Waals surface area contributed by atoms with E-state index in [1.165, 1.54) is 48.6 Å². The molecule has 2 fully saturated rings. The van der Waals surface area contributed by atoms with Crippen LogP contribution in [0.2, 0.25) is 0 Å². The van der Waals surface area contributed by atoms with E-state index in [0.717, 1.165) is 31.1 Å². The van der Waals surface area contributed by atoms with E-state index in [-0.39, 0.29) is 5.91 Å². The maximum absolute atomic E-state index is 12.9. The molecule has 142 valence electrons. The van der Waals surface area contributed by atoms with E-state index in [4.69, 9.17) is 0 Å². The predicted octanol–water partition coefficient (Wildman–Crippen LogP) is 4.76. The van der Waals surface area contributed by atoms with Crippen LogP contribution in [-0.4, -0.2) is 52.5 Å². The Kier molecular flexibility index (Phi) is 5.37. The van der Waals surface area contributed by atoms with Gasteiger partial charge in [0, 0.05) is 56.0 Å². The first-order valence-electron chi connectivity index (χ1n) is 10.3. The molecule has 1 aliphatic heterocycles. The summed E-state index contributed by atoms with van der Waals surface area (Å²) in [5.41, 5.74) is 0. The molecule has 3 heterocycles. The molecule has 0 atom stereocenters. The molecular formula is C21H31N3OS. The molecule has 2 aromatic rings. The average Bonchev–Trinajstić information content (AvgIpc) is 3.38. The number of amides is 1. The predicted molar refractivity (Wildman–Crippen MR) is 109 cm³/mol. The summed E-state index contributed by atoms with van der Waals surface area (Å²) < 4.78 is 3.65. The van der Waals surface area contributed by atoms with Crippen molar-refractivity contribution >= 4 is 27.3 Å². The summed E-state index contributed by atoms with van der Waals surface area (Å²) >= 11 is 1.67. The monoisotopic (exact) mass is 373 g/mol.